The first-order valence-corrected chi connectivity index (χ1v) is 10.0. The van der Waals surface area contributed by atoms with Crippen molar-refractivity contribution in [2.24, 2.45) is 5.92 Å². The molecule has 1 fully saturated rings. The lowest BCUT2D eigenvalue weighted by atomic mass is 10.1. The van der Waals surface area contributed by atoms with Crippen molar-refractivity contribution in [2.75, 3.05) is 31.2 Å². The quantitative estimate of drug-likeness (QED) is 0.405. The monoisotopic (exact) mass is 391 g/mol. The van der Waals surface area contributed by atoms with Crippen molar-refractivity contribution < 1.29 is 9.66 Å². The second-order valence-electron chi connectivity index (χ2n) is 7.00. The largest absolute Gasteiger partial charge is 0.378 e. The zero-order valence-corrected chi connectivity index (χ0v) is 16.7. The van der Waals surface area contributed by atoms with Gasteiger partial charge in [-0.25, -0.2) is 0 Å². The highest BCUT2D eigenvalue weighted by molar-refractivity contribution is 7.99. The molecule has 0 N–H and O–H groups in total. The van der Waals surface area contributed by atoms with Crippen LogP contribution < -0.4 is 4.90 Å². The van der Waals surface area contributed by atoms with Crippen LogP contribution in [0.1, 0.15) is 31.6 Å². The van der Waals surface area contributed by atoms with E-state index in [1.54, 1.807) is 23.9 Å². The number of ether oxygens (including phenoxy) is 1. The summed E-state index contributed by atoms with van der Waals surface area (Å²) in [6.45, 7) is 10.2. The van der Waals surface area contributed by atoms with E-state index in [1.807, 2.05) is 13.0 Å². The summed E-state index contributed by atoms with van der Waals surface area (Å²) in [5, 5.41) is 20.8. The number of anilines is 1. The van der Waals surface area contributed by atoms with Gasteiger partial charge in [0.25, 0.3) is 5.69 Å². The summed E-state index contributed by atoms with van der Waals surface area (Å²) in [4.78, 5) is 12.9. The van der Waals surface area contributed by atoms with E-state index in [1.165, 1.54) is 6.07 Å². The normalized spacial score (nSPS) is 15.9. The number of nitro benzene ring substituents is 1. The van der Waals surface area contributed by atoms with E-state index in [4.69, 9.17) is 4.74 Å². The number of hydrogen-bond donors (Lipinski definition) is 0. The van der Waals surface area contributed by atoms with Gasteiger partial charge in [-0.2, -0.15) is 0 Å². The molecule has 3 rings (SSSR count). The van der Waals surface area contributed by atoms with Crippen LogP contribution in [0, 0.1) is 16.0 Å². The van der Waals surface area contributed by atoms with Gasteiger partial charge < -0.3 is 9.64 Å². The van der Waals surface area contributed by atoms with Gasteiger partial charge in [0.2, 0.25) is 5.95 Å². The van der Waals surface area contributed by atoms with Crippen molar-refractivity contribution in [3.8, 4) is 0 Å². The van der Waals surface area contributed by atoms with Gasteiger partial charge in [-0.05, 0) is 18.4 Å². The fraction of sp³-hybridized carbons (Fsp3) is 0.556. The SMILES string of the molecule is CC(C)Cn1c(SC(C)c2cccc([N+](=O)[O-])c2)nnc1N1CCOCC1. The van der Waals surface area contributed by atoms with Crippen molar-refractivity contribution in [2.45, 2.75) is 37.7 Å². The second kappa shape index (κ2) is 8.71. The maximum absolute atomic E-state index is 11.0. The number of benzene rings is 1. The lowest BCUT2D eigenvalue weighted by molar-refractivity contribution is -0.384. The Bertz CT molecular complexity index is 789. The minimum absolute atomic E-state index is 0.0255. The number of rotatable bonds is 7. The molecule has 0 amide bonds. The molecule has 1 saturated heterocycles. The Morgan fingerprint density at radius 2 is 2.00 bits per heavy atom. The number of thioether (sulfide) groups is 1. The third-order valence-electron chi connectivity index (χ3n) is 4.37. The van der Waals surface area contributed by atoms with Gasteiger partial charge in [-0.15, -0.1) is 10.2 Å². The van der Waals surface area contributed by atoms with Crippen molar-refractivity contribution >= 4 is 23.4 Å². The number of aromatic nitrogens is 3. The summed E-state index contributed by atoms with van der Waals surface area (Å²) < 4.78 is 7.60. The summed E-state index contributed by atoms with van der Waals surface area (Å²) in [7, 11) is 0. The first-order chi connectivity index (χ1) is 13.0. The highest BCUT2D eigenvalue weighted by atomic mass is 32.2. The Labute approximate surface area is 163 Å². The van der Waals surface area contributed by atoms with Gasteiger partial charge in [-0.3, -0.25) is 14.7 Å². The van der Waals surface area contributed by atoms with E-state index < -0.39 is 0 Å². The average molecular weight is 391 g/mol. The molecule has 0 bridgehead atoms. The van der Waals surface area contributed by atoms with Crippen LogP contribution >= 0.6 is 11.8 Å². The van der Waals surface area contributed by atoms with Crippen LogP contribution in [0.25, 0.3) is 0 Å². The second-order valence-corrected chi connectivity index (χ2v) is 8.31. The van der Waals surface area contributed by atoms with E-state index in [9.17, 15) is 10.1 Å². The number of non-ortho nitro benzene ring substituents is 1. The summed E-state index contributed by atoms with van der Waals surface area (Å²) in [6, 6.07) is 6.78. The molecule has 1 aliphatic heterocycles. The zero-order valence-electron chi connectivity index (χ0n) is 15.9. The Hall–Kier alpha value is -2.13. The minimum atomic E-state index is -0.362. The van der Waals surface area contributed by atoms with Crippen LogP contribution in [0.2, 0.25) is 0 Å². The molecule has 27 heavy (non-hydrogen) atoms. The number of nitrogens with zero attached hydrogens (tertiary/aromatic N) is 5. The first kappa shape index (κ1) is 19.6. The summed E-state index contributed by atoms with van der Waals surface area (Å²) in [6.07, 6.45) is 0. The Morgan fingerprint density at radius 3 is 2.67 bits per heavy atom. The highest BCUT2D eigenvalue weighted by Gasteiger charge is 2.23. The molecule has 0 spiro atoms. The smallest absolute Gasteiger partial charge is 0.269 e. The van der Waals surface area contributed by atoms with E-state index in [-0.39, 0.29) is 15.9 Å². The van der Waals surface area contributed by atoms with Crippen LogP contribution in [0.3, 0.4) is 0 Å². The first-order valence-electron chi connectivity index (χ1n) is 9.12. The van der Waals surface area contributed by atoms with E-state index in [0.29, 0.717) is 19.1 Å². The average Bonchev–Trinajstić information content (AvgIpc) is 3.04. The van der Waals surface area contributed by atoms with Gasteiger partial charge in [0.1, 0.15) is 0 Å². The lowest BCUT2D eigenvalue weighted by Gasteiger charge is -2.28. The molecule has 1 atom stereocenters. The van der Waals surface area contributed by atoms with Crippen molar-refractivity contribution in [1.29, 1.82) is 0 Å². The topological polar surface area (TPSA) is 86.3 Å². The zero-order chi connectivity index (χ0) is 19.4. The lowest BCUT2D eigenvalue weighted by Crippen LogP contribution is -2.38. The summed E-state index contributed by atoms with van der Waals surface area (Å²) >= 11 is 1.58. The van der Waals surface area contributed by atoms with Crippen LogP contribution in [-0.2, 0) is 11.3 Å². The molecule has 2 heterocycles. The van der Waals surface area contributed by atoms with Crippen LogP contribution in [0.15, 0.2) is 29.4 Å². The van der Waals surface area contributed by atoms with Gasteiger partial charge in [0.05, 0.1) is 18.1 Å². The minimum Gasteiger partial charge on any atom is -0.378 e. The summed E-state index contributed by atoms with van der Waals surface area (Å²) in [5.41, 5.74) is 1.01. The predicted octanol–water partition coefficient (Wildman–Crippen LogP) is 3.53. The predicted molar refractivity (Wildman–Crippen MR) is 105 cm³/mol. The maximum atomic E-state index is 11.0. The molecular weight excluding hydrogens is 366 g/mol. The third kappa shape index (κ3) is 4.78. The van der Waals surface area contributed by atoms with E-state index in [0.717, 1.165) is 36.3 Å². The molecule has 1 aliphatic rings. The van der Waals surface area contributed by atoms with Gasteiger partial charge in [-0.1, -0.05) is 37.7 Å². The molecule has 8 nitrogen and oxygen atoms in total. The standard InChI is InChI=1S/C18H25N5O3S/c1-13(2)12-22-17(21-7-9-26-10-8-21)19-20-18(22)27-14(3)15-5-4-6-16(11-15)23(24)25/h4-6,11,13-14H,7-10,12H2,1-3H3. The Balaban J connectivity index is 1.84. The van der Waals surface area contributed by atoms with Crippen LogP contribution in [0.4, 0.5) is 11.6 Å². The molecule has 1 unspecified atom stereocenters. The molecule has 2 aromatic rings. The fourth-order valence-electron chi connectivity index (χ4n) is 3.01. The van der Waals surface area contributed by atoms with Crippen molar-refractivity contribution in [3.63, 3.8) is 0 Å². The van der Waals surface area contributed by atoms with Gasteiger partial charge >= 0.3 is 0 Å². The number of nitro groups is 1. The van der Waals surface area contributed by atoms with E-state index >= 15 is 0 Å². The van der Waals surface area contributed by atoms with Crippen molar-refractivity contribution in [3.05, 3.63) is 39.9 Å². The van der Waals surface area contributed by atoms with Crippen molar-refractivity contribution in [1.82, 2.24) is 14.8 Å². The number of morpholine rings is 1. The van der Waals surface area contributed by atoms with Crippen LogP contribution in [0.5, 0.6) is 0 Å². The molecule has 0 saturated carbocycles. The molecule has 1 aromatic heterocycles. The molecule has 9 heteroatoms. The van der Waals surface area contributed by atoms with E-state index in [2.05, 4.69) is 33.5 Å². The molecule has 1 aromatic carbocycles. The Morgan fingerprint density at radius 1 is 1.26 bits per heavy atom. The summed E-state index contributed by atoms with van der Waals surface area (Å²) in [5.74, 6) is 1.33. The molecule has 0 aliphatic carbocycles. The highest BCUT2D eigenvalue weighted by Crippen LogP contribution is 2.36. The molecule has 146 valence electrons. The molecular formula is C18H25N5O3S. The fourth-order valence-corrected chi connectivity index (χ4v) is 3.98. The Kier molecular flexibility index (Phi) is 6.33. The van der Waals surface area contributed by atoms with Crippen LogP contribution in [-0.4, -0.2) is 46.0 Å². The third-order valence-corrected chi connectivity index (χ3v) is 5.51. The maximum Gasteiger partial charge on any atom is 0.269 e. The number of hydrogen-bond acceptors (Lipinski definition) is 7. The van der Waals surface area contributed by atoms with Gasteiger partial charge in [0.15, 0.2) is 5.16 Å². The van der Waals surface area contributed by atoms with Gasteiger partial charge in [0, 0.05) is 37.0 Å². The molecule has 0 radical (unpaired) electrons.